The first-order valence-electron chi connectivity index (χ1n) is 14.3. The van der Waals surface area contributed by atoms with Crippen LogP contribution in [0, 0.1) is 0 Å². The lowest BCUT2D eigenvalue weighted by molar-refractivity contribution is 0.0275. The van der Waals surface area contributed by atoms with E-state index in [1.165, 1.54) is 5.56 Å². The number of carbonyl (C=O) groups excluding carboxylic acids is 1. The van der Waals surface area contributed by atoms with Gasteiger partial charge in [0, 0.05) is 45.2 Å². The van der Waals surface area contributed by atoms with Crippen molar-refractivity contribution in [2.45, 2.75) is 62.7 Å². The number of nitrogens with zero attached hydrogens (tertiary/aromatic N) is 2. The third-order valence-corrected chi connectivity index (χ3v) is 9.27. The Labute approximate surface area is 265 Å². The summed E-state index contributed by atoms with van der Waals surface area (Å²) in [5.41, 5.74) is 3.14. The van der Waals surface area contributed by atoms with Crippen LogP contribution in [0.5, 0.6) is 5.75 Å². The van der Waals surface area contributed by atoms with Gasteiger partial charge in [-0.15, -0.1) is 0 Å². The maximum Gasteiger partial charge on any atom is 0.410 e. The molecule has 3 aromatic rings. The summed E-state index contributed by atoms with van der Waals surface area (Å²) in [5.74, 6) is 0.892. The Kier molecular flexibility index (Phi) is 8.07. The monoisotopic (exact) mass is 669 g/mol. The van der Waals surface area contributed by atoms with Crippen molar-refractivity contribution in [2.24, 2.45) is 4.99 Å². The lowest BCUT2D eigenvalue weighted by Gasteiger charge is -2.48. The quantitative estimate of drug-likeness (QED) is 0.302. The highest BCUT2D eigenvalue weighted by atomic mass is 79.9. The number of benzene rings is 3. The zero-order valence-corrected chi connectivity index (χ0v) is 27.0. The Morgan fingerprint density at radius 3 is 2.67 bits per heavy atom. The van der Waals surface area contributed by atoms with Crippen LogP contribution in [0.2, 0.25) is 10.0 Å². The molecule has 1 amide bonds. The van der Waals surface area contributed by atoms with Gasteiger partial charge in [-0.2, -0.15) is 0 Å². The first-order chi connectivity index (χ1) is 20.0. The van der Waals surface area contributed by atoms with Crippen molar-refractivity contribution in [1.82, 2.24) is 10.2 Å². The smallest absolute Gasteiger partial charge is 0.410 e. The highest BCUT2D eigenvalue weighted by Crippen LogP contribution is 2.57. The van der Waals surface area contributed by atoms with Gasteiger partial charge in [-0.25, -0.2) is 4.79 Å². The maximum atomic E-state index is 12.7. The van der Waals surface area contributed by atoms with Gasteiger partial charge in [-0.3, -0.25) is 4.99 Å². The molecule has 0 aliphatic carbocycles. The van der Waals surface area contributed by atoms with Crippen LogP contribution >= 0.6 is 39.1 Å². The number of ether oxygens (including phenoxy) is 2. The van der Waals surface area contributed by atoms with Crippen molar-refractivity contribution in [2.75, 3.05) is 19.6 Å². The molecule has 0 bridgehead atoms. The van der Waals surface area contributed by atoms with E-state index in [4.69, 9.17) is 37.7 Å². The minimum absolute atomic E-state index is 0.106. The van der Waals surface area contributed by atoms with Crippen LogP contribution in [0.1, 0.15) is 62.3 Å². The number of halogens is 3. The van der Waals surface area contributed by atoms with E-state index >= 15 is 0 Å². The van der Waals surface area contributed by atoms with Crippen molar-refractivity contribution >= 4 is 57.1 Å². The third kappa shape index (κ3) is 5.69. The van der Waals surface area contributed by atoms with Gasteiger partial charge < -0.3 is 19.7 Å². The van der Waals surface area contributed by atoms with E-state index in [-0.39, 0.29) is 24.2 Å². The van der Waals surface area contributed by atoms with Crippen molar-refractivity contribution in [3.8, 4) is 5.75 Å². The number of hydrogen-bond donors (Lipinski definition) is 1. The molecule has 2 fully saturated rings. The molecular formula is C33H34BrCl2N3O3. The van der Waals surface area contributed by atoms with E-state index in [1.54, 1.807) is 4.90 Å². The first-order valence-corrected chi connectivity index (χ1v) is 15.9. The van der Waals surface area contributed by atoms with Gasteiger partial charge in [0.2, 0.25) is 0 Å². The molecule has 3 aromatic carbocycles. The van der Waals surface area contributed by atoms with Crippen LogP contribution in [-0.2, 0) is 10.2 Å². The summed E-state index contributed by atoms with van der Waals surface area (Å²) in [5, 5.41) is 5.21. The standard InChI is InChI=1S/C33H34BrCl2N3O3/c1-32(2,3)42-31(40)39-14-12-24(18-39)41-29-10-7-21(34)16-25(29)30-33(19-38-28-17-23(36)8-9-27(28)33)26(11-13-37-30)20-5-4-6-22(35)15-20/h4-10,15-17,19,24,26,30,37H,11-14,18H2,1-3H3/t24?,26-,30-,33-/m0/s1. The number of nitrogens with one attached hydrogen (secondary N) is 1. The number of amides is 1. The van der Waals surface area contributed by atoms with Gasteiger partial charge in [-0.05, 0) is 87.3 Å². The highest BCUT2D eigenvalue weighted by Gasteiger charge is 2.53. The normalized spacial score (nSPS) is 25.1. The minimum atomic E-state index is -0.543. The summed E-state index contributed by atoms with van der Waals surface area (Å²) in [6.07, 6.45) is 3.28. The van der Waals surface area contributed by atoms with Crippen LogP contribution in [-0.4, -0.2) is 48.5 Å². The SMILES string of the molecule is CC(C)(C)OC(=O)N1CCC(Oc2ccc(Br)cc2[C@@H]2NCC[C@@H](c3cccc(Cl)c3)[C@]23C=Nc2cc(Cl)ccc23)C1. The summed E-state index contributed by atoms with van der Waals surface area (Å²) < 4.78 is 13.3. The molecule has 1 spiro atoms. The Balaban J connectivity index is 1.39. The van der Waals surface area contributed by atoms with Crippen LogP contribution in [0.3, 0.4) is 0 Å². The molecule has 0 saturated carbocycles. The van der Waals surface area contributed by atoms with Crippen LogP contribution in [0.25, 0.3) is 0 Å². The second-order valence-electron chi connectivity index (χ2n) is 12.3. The minimum Gasteiger partial charge on any atom is -0.488 e. The van der Waals surface area contributed by atoms with Gasteiger partial charge in [0.25, 0.3) is 0 Å². The Hall–Kier alpha value is -2.58. The van der Waals surface area contributed by atoms with E-state index in [0.717, 1.165) is 46.4 Å². The molecule has 0 radical (unpaired) electrons. The molecule has 220 valence electrons. The van der Waals surface area contributed by atoms with E-state index < -0.39 is 11.0 Å². The molecule has 42 heavy (non-hydrogen) atoms. The summed E-state index contributed by atoms with van der Waals surface area (Å²) in [6.45, 7) is 7.51. The molecule has 1 N–H and O–H groups in total. The summed E-state index contributed by atoms with van der Waals surface area (Å²) in [7, 11) is 0. The lowest BCUT2D eigenvalue weighted by atomic mass is 9.60. The first kappa shape index (κ1) is 29.5. The summed E-state index contributed by atoms with van der Waals surface area (Å²) in [4.78, 5) is 19.4. The number of piperidine rings is 1. The van der Waals surface area contributed by atoms with Gasteiger partial charge in [-0.1, -0.05) is 57.3 Å². The lowest BCUT2D eigenvalue weighted by Crippen LogP contribution is -2.51. The van der Waals surface area contributed by atoms with Gasteiger partial charge >= 0.3 is 6.09 Å². The third-order valence-electron chi connectivity index (χ3n) is 8.30. The second-order valence-corrected chi connectivity index (χ2v) is 14.1. The highest BCUT2D eigenvalue weighted by molar-refractivity contribution is 9.10. The summed E-state index contributed by atoms with van der Waals surface area (Å²) >= 11 is 16.7. The Morgan fingerprint density at radius 2 is 1.88 bits per heavy atom. The van der Waals surface area contributed by atoms with Crippen molar-refractivity contribution in [3.63, 3.8) is 0 Å². The van der Waals surface area contributed by atoms with Crippen molar-refractivity contribution in [1.29, 1.82) is 0 Å². The molecule has 1 unspecified atom stereocenters. The maximum absolute atomic E-state index is 12.7. The molecule has 0 aromatic heterocycles. The molecule has 3 aliphatic rings. The zero-order chi connectivity index (χ0) is 29.6. The molecule has 3 aliphatic heterocycles. The number of hydrogen-bond acceptors (Lipinski definition) is 5. The van der Waals surface area contributed by atoms with E-state index in [2.05, 4.69) is 51.7 Å². The average Bonchev–Trinajstić information content (AvgIpc) is 3.54. The van der Waals surface area contributed by atoms with E-state index in [9.17, 15) is 4.79 Å². The van der Waals surface area contributed by atoms with Gasteiger partial charge in [0.1, 0.15) is 17.5 Å². The Morgan fingerprint density at radius 1 is 1.07 bits per heavy atom. The molecule has 2 saturated heterocycles. The molecule has 6 rings (SSSR count). The fourth-order valence-corrected chi connectivity index (χ4v) is 7.34. The number of likely N-dealkylation sites (tertiary alicyclic amines) is 1. The van der Waals surface area contributed by atoms with E-state index in [0.29, 0.717) is 23.1 Å². The largest absolute Gasteiger partial charge is 0.488 e. The zero-order valence-electron chi connectivity index (χ0n) is 23.9. The van der Waals surface area contributed by atoms with Crippen LogP contribution in [0.15, 0.2) is 70.1 Å². The molecular weight excluding hydrogens is 637 g/mol. The number of fused-ring (bicyclic) bond motifs is 2. The summed E-state index contributed by atoms with van der Waals surface area (Å²) in [6, 6.07) is 20.1. The molecule has 3 heterocycles. The molecule has 6 nitrogen and oxygen atoms in total. The van der Waals surface area contributed by atoms with Crippen LogP contribution in [0.4, 0.5) is 10.5 Å². The number of carbonyl (C=O) groups is 1. The molecule has 4 atom stereocenters. The van der Waals surface area contributed by atoms with Crippen LogP contribution < -0.4 is 10.1 Å². The van der Waals surface area contributed by atoms with Crippen molar-refractivity contribution < 1.29 is 14.3 Å². The van der Waals surface area contributed by atoms with E-state index in [1.807, 2.05) is 57.2 Å². The fraction of sp³-hybridized carbons (Fsp3) is 0.394. The second kappa shape index (κ2) is 11.5. The Bertz CT molecular complexity index is 1540. The van der Waals surface area contributed by atoms with Gasteiger partial charge in [0.15, 0.2) is 0 Å². The van der Waals surface area contributed by atoms with Gasteiger partial charge in [0.05, 0.1) is 23.7 Å². The van der Waals surface area contributed by atoms with Crippen molar-refractivity contribution in [3.05, 3.63) is 91.9 Å². The number of aliphatic imine (C=N–C) groups is 1. The fourth-order valence-electron chi connectivity index (χ4n) is 6.59. The topological polar surface area (TPSA) is 63.2 Å². The average molecular weight is 671 g/mol. The predicted octanol–water partition coefficient (Wildman–Crippen LogP) is 8.62. The number of rotatable bonds is 4. The predicted molar refractivity (Wildman–Crippen MR) is 172 cm³/mol. The molecule has 9 heteroatoms.